The average molecular weight is 480 g/mol. The number of thiol groups is 1. The number of aromatic carboxylic acids is 1. The molecule has 0 saturated heterocycles. The van der Waals surface area contributed by atoms with Gasteiger partial charge >= 0.3 is 5.97 Å². The molecular weight excluding hydrogens is 450 g/mol. The number of ether oxygens (including phenoxy) is 2. The van der Waals surface area contributed by atoms with Gasteiger partial charge in [-0.05, 0) is 59.9 Å². The summed E-state index contributed by atoms with van der Waals surface area (Å²) in [7, 11) is 1.45. The Bertz CT molecular complexity index is 1160. The minimum absolute atomic E-state index is 0.118. The molecule has 0 heterocycles. The molecule has 0 spiro atoms. The highest BCUT2D eigenvalue weighted by molar-refractivity contribution is 7.80. The molecule has 1 saturated carbocycles. The van der Waals surface area contributed by atoms with Crippen molar-refractivity contribution in [2.75, 3.05) is 7.11 Å². The number of nitrogens with one attached hydrogen (secondary N) is 1. The van der Waals surface area contributed by atoms with E-state index in [4.69, 9.17) is 9.47 Å². The van der Waals surface area contributed by atoms with Crippen LogP contribution in [0.4, 0.5) is 0 Å². The number of carboxylic acid groups (broad SMARTS) is 1. The topological polar surface area (TPSA) is 88.0 Å². The van der Waals surface area contributed by atoms with Crippen LogP contribution in [0.5, 0.6) is 11.5 Å². The zero-order valence-electron chi connectivity index (χ0n) is 19.0. The van der Waals surface area contributed by atoms with Gasteiger partial charge in [0.25, 0.3) is 0 Å². The predicted octanol–water partition coefficient (Wildman–Crippen LogP) is 5.45. The van der Waals surface area contributed by atoms with Gasteiger partial charge in [0.15, 0.2) is 0 Å². The Morgan fingerprint density at radius 2 is 1.85 bits per heavy atom. The number of rotatable bonds is 9. The van der Waals surface area contributed by atoms with Crippen molar-refractivity contribution in [3.63, 3.8) is 0 Å². The van der Waals surface area contributed by atoms with Crippen LogP contribution in [-0.2, 0) is 6.61 Å². The van der Waals surface area contributed by atoms with Crippen LogP contribution in [0, 0.1) is 0 Å². The molecule has 178 valence electrons. The molecule has 34 heavy (non-hydrogen) atoms. The quantitative estimate of drug-likeness (QED) is 0.241. The van der Waals surface area contributed by atoms with E-state index in [0.29, 0.717) is 29.0 Å². The number of aliphatic hydroxyl groups is 1. The number of carboxylic acids is 1. The molecule has 1 aliphatic rings. The van der Waals surface area contributed by atoms with Crippen LogP contribution in [0.2, 0.25) is 0 Å². The summed E-state index contributed by atoms with van der Waals surface area (Å²) in [5.41, 5.74) is 3.47. The lowest BCUT2D eigenvalue weighted by Crippen LogP contribution is -2.30. The van der Waals surface area contributed by atoms with Crippen LogP contribution in [0.3, 0.4) is 0 Å². The van der Waals surface area contributed by atoms with E-state index in [1.54, 1.807) is 12.1 Å². The molecule has 0 aromatic heterocycles. The third-order valence-electron chi connectivity index (χ3n) is 6.14. The molecule has 3 aromatic rings. The first-order chi connectivity index (χ1) is 16.4. The van der Waals surface area contributed by atoms with Gasteiger partial charge in [-0.3, -0.25) is 5.32 Å². The molecule has 0 radical (unpaired) electrons. The van der Waals surface area contributed by atoms with E-state index in [9.17, 15) is 15.0 Å². The summed E-state index contributed by atoms with van der Waals surface area (Å²) >= 11 is 4.55. The number of methoxy groups -OCH3 is 1. The molecule has 3 aromatic carbocycles. The van der Waals surface area contributed by atoms with Crippen molar-refractivity contribution in [3.8, 4) is 22.6 Å². The van der Waals surface area contributed by atoms with E-state index in [2.05, 4.69) is 17.9 Å². The molecule has 0 amide bonds. The molecule has 1 atom stereocenters. The van der Waals surface area contributed by atoms with E-state index in [1.165, 1.54) is 20.0 Å². The van der Waals surface area contributed by atoms with Crippen LogP contribution in [0.1, 0.15) is 53.4 Å². The Morgan fingerprint density at radius 3 is 2.56 bits per heavy atom. The summed E-state index contributed by atoms with van der Waals surface area (Å²) in [6, 6.07) is 18.7. The zero-order chi connectivity index (χ0) is 24.1. The van der Waals surface area contributed by atoms with Crippen molar-refractivity contribution in [1.29, 1.82) is 0 Å². The standard InChI is InChI=1S/C27H29NO5S/c1-32-24-12-9-19(14-23(24)27(30)31)18-6-4-5-17(13-18)16-33-21-10-11-22(25(34)15-21)26(29)28-20-7-2-3-8-20/h4-6,9-15,20,26,28-29,34H,2-3,7-8,16H2,1H3,(H,30,31). The van der Waals surface area contributed by atoms with Crippen LogP contribution in [-0.4, -0.2) is 29.3 Å². The SMILES string of the molecule is COc1ccc(-c2cccc(COc3ccc(C(O)NC4CCCC4)c(S)c3)c2)cc1C(=O)O. The van der Waals surface area contributed by atoms with E-state index in [0.717, 1.165) is 35.1 Å². The molecule has 1 fully saturated rings. The third-order valence-corrected chi connectivity index (χ3v) is 6.53. The summed E-state index contributed by atoms with van der Waals surface area (Å²) in [5.74, 6) is -0.0529. The summed E-state index contributed by atoms with van der Waals surface area (Å²) < 4.78 is 11.1. The van der Waals surface area contributed by atoms with Crippen molar-refractivity contribution >= 4 is 18.6 Å². The lowest BCUT2D eigenvalue weighted by atomic mass is 10.0. The fourth-order valence-corrected chi connectivity index (χ4v) is 4.64. The van der Waals surface area contributed by atoms with Gasteiger partial charge in [0.1, 0.15) is 29.9 Å². The van der Waals surface area contributed by atoms with Gasteiger partial charge in [-0.2, -0.15) is 0 Å². The van der Waals surface area contributed by atoms with Gasteiger partial charge in [-0.1, -0.05) is 43.2 Å². The van der Waals surface area contributed by atoms with Gasteiger partial charge in [-0.15, -0.1) is 12.6 Å². The van der Waals surface area contributed by atoms with Crippen LogP contribution in [0.25, 0.3) is 11.1 Å². The van der Waals surface area contributed by atoms with E-state index >= 15 is 0 Å². The lowest BCUT2D eigenvalue weighted by molar-refractivity contribution is 0.0693. The molecular formula is C27H29NO5S. The monoisotopic (exact) mass is 479 g/mol. The molecule has 6 nitrogen and oxygen atoms in total. The third kappa shape index (κ3) is 5.73. The summed E-state index contributed by atoms with van der Waals surface area (Å²) in [5, 5.41) is 23.3. The number of benzene rings is 3. The summed E-state index contributed by atoms with van der Waals surface area (Å²) in [4.78, 5) is 12.2. The average Bonchev–Trinajstić information content (AvgIpc) is 3.35. The van der Waals surface area contributed by atoms with E-state index in [1.807, 2.05) is 48.5 Å². The maximum atomic E-state index is 11.5. The normalized spacial score (nSPS) is 14.7. The Labute approximate surface area is 205 Å². The van der Waals surface area contributed by atoms with Crippen molar-refractivity contribution in [2.24, 2.45) is 0 Å². The number of hydrogen-bond acceptors (Lipinski definition) is 6. The van der Waals surface area contributed by atoms with Crippen LogP contribution in [0.15, 0.2) is 65.6 Å². The second kappa shape index (κ2) is 11.0. The van der Waals surface area contributed by atoms with E-state index in [-0.39, 0.29) is 5.56 Å². The van der Waals surface area contributed by atoms with Crippen molar-refractivity contribution in [3.05, 3.63) is 77.4 Å². The van der Waals surface area contributed by atoms with Crippen LogP contribution < -0.4 is 14.8 Å². The summed E-state index contributed by atoms with van der Waals surface area (Å²) in [6.45, 7) is 0.339. The second-order valence-electron chi connectivity index (χ2n) is 8.48. The van der Waals surface area contributed by atoms with Crippen LogP contribution >= 0.6 is 12.6 Å². The molecule has 0 bridgehead atoms. The summed E-state index contributed by atoms with van der Waals surface area (Å²) in [6.07, 6.45) is 3.83. The Morgan fingerprint density at radius 1 is 1.09 bits per heavy atom. The smallest absolute Gasteiger partial charge is 0.339 e. The first kappa shape index (κ1) is 24.1. The number of carbonyl (C=O) groups is 1. The maximum Gasteiger partial charge on any atom is 0.339 e. The highest BCUT2D eigenvalue weighted by Crippen LogP contribution is 2.29. The van der Waals surface area contributed by atoms with Crippen molar-refractivity contribution in [2.45, 2.75) is 49.5 Å². The highest BCUT2D eigenvalue weighted by atomic mass is 32.1. The molecule has 7 heteroatoms. The van der Waals surface area contributed by atoms with Gasteiger partial charge in [0.2, 0.25) is 0 Å². The Kier molecular flexibility index (Phi) is 7.77. The minimum atomic E-state index is -1.03. The van der Waals surface area contributed by atoms with Crippen molar-refractivity contribution in [1.82, 2.24) is 5.32 Å². The largest absolute Gasteiger partial charge is 0.496 e. The highest BCUT2D eigenvalue weighted by Gasteiger charge is 2.20. The first-order valence-corrected chi connectivity index (χ1v) is 11.8. The van der Waals surface area contributed by atoms with Gasteiger partial charge < -0.3 is 19.7 Å². The molecule has 1 unspecified atom stereocenters. The minimum Gasteiger partial charge on any atom is -0.496 e. The Balaban J connectivity index is 1.43. The van der Waals surface area contributed by atoms with Gasteiger partial charge in [-0.25, -0.2) is 4.79 Å². The number of aliphatic hydroxyl groups excluding tert-OH is 1. The van der Waals surface area contributed by atoms with Crippen molar-refractivity contribution < 1.29 is 24.5 Å². The van der Waals surface area contributed by atoms with E-state index < -0.39 is 12.2 Å². The Hall–Kier alpha value is -3.00. The fraction of sp³-hybridized carbons (Fsp3) is 0.296. The molecule has 4 rings (SSSR count). The maximum absolute atomic E-state index is 11.5. The zero-order valence-corrected chi connectivity index (χ0v) is 19.9. The predicted molar refractivity (Wildman–Crippen MR) is 134 cm³/mol. The van der Waals surface area contributed by atoms with Gasteiger partial charge in [0, 0.05) is 16.5 Å². The molecule has 1 aliphatic carbocycles. The second-order valence-corrected chi connectivity index (χ2v) is 8.96. The molecule has 0 aliphatic heterocycles. The number of hydrogen-bond donors (Lipinski definition) is 4. The molecule has 3 N–H and O–H groups in total. The fourth-order valence-electron chi connectivity index (χ4n) is 4.31. The first-order valence-electron chi connectivity index (χ1n) is 11.3. The lowest BCUT2D eigenvalue weighted by Gasteiger charge is -2.20. The van der Waals surface area contributed by atoms with Gasteiger partial charge in [0.05, 0.1) is 7.11 Å².